The first-order valence-electron chi connectivity index (χ1n) is 10.5. The maximum atomic E-state index is 9.68. The van der Waals surface area contributed by atoms with Gasteiger partial charge in [-0.2, -0.15) is 5.26 Å². The molecule has 31 heavy (non-hydrogen) atoms. The number of hydrogen-bond acceptors (Lipinski definition) is 6. The van der Waals surface area contributed by atoms with Gasteiger partial charge in [0.1, 0.15) is 17.6 Å². The zero-order valence-electron chi connectivity index (χ0n) is 17.5. The third-order valence-electron chi connectivity index (χ3n) is 5.94. The van der Waals surface area contributed by atoms with Crippen LogP contribution in [0.3, 0.4) is 0 Å². The molecule has 3 aromatic rings. The monoisotopic (exact) mass is 415 g/mol. The quantitative estimate of drug-likeness (QED) is 0.704. The number of benzene rings is 2. The van der Waals surface area contributed by atoms with Crippen LogP contribution >= 0.6 is 0 Å². The van der Waals surface area contributed by atoms with Crippen molar-refractivity contribution in [2.75, 3.05) is 48.5 Å². The van der Waals surface area contributed by atoms with E-state index in [0.29, 0.717) is 17.9 Å². The van der Waals surface area contributed by atoms with Crippen molar-refractivity contribution >= 4 is 17.2 Å². The molecule has 2 aromatic carbocycles. The van der Waals surface area contributed by atoms with E-state index < -0.39 is 0 Å². The summed E-state index contributed by atoms with van der Waals surface area (Å²) in [6.45, 7) is 6.34. The van der Waals surface area contributed by atoms with E-state index in [0.717, 1.165) is 54.7 Å². The molecule has 1 fully saturated rings. The first-order chi connectivity index (χ1) is 15.1. The van der Waals surface area contributed by atoms with E-state index in [2.05, 4.69) is 47.1 Å². The first kappa shape index (κ1) is 19.2. The molecule has 1 saturated heterocycles. The van der Waals surface area contributed by atoms with Gasteiger partial charge in [-0.25, -0.2) is 0 Å². The molecule has 0 atom stereocenters. The van der Waals surface area contributed by atoms with Crippen LogP contribution in [0.1, 0.15) is 16.8 Å². The van der Waals surface area contributed by atoms with Crippen molar-refractivity contribution in [3.8, 4) is 17.6 Å². The summed E-state index contributed by atoms with van der Waals surface area (Å²) >= 11 is 0. The predicted molar refractivity (Wildman–Crippen MR) is 121 cm³/mol. The van der Waals surface area contributed by atoms with Crippen LogP contribution in [-0.4, -0.2) is 37.5 Å². The fraction of sp³-hybridized carbons (Fsp3) is 0.292. The van der Waals surface area contributed by atoms with E-state index in [4.69, 9.17) is 15.2 Å². The summed E-state index contributed by atoms with van der Waals surface area (Å²) in [7, 11) is 0. The highest BCUT2D eigenvalue weighted by atomic mass is 16.7. The number of piperazine rings is 1. The number of ether oxygens (including phenoxy) is 2. The molecule has 0 bridgehead atoms. The normalized spacial score (nSPS) is 15.2. The molecule has 0 spiro atoms. The number of aromatic nitrogens is 1. The van der Waals surface area contributed by atoms with E-state index in [1.54, 1.807) is 6.07 Å². The molecule has 0 saturated carbocycles. The van der Waals surface area contributed by atoms with Crippen molar-refractivity contribution in [1.29, 1.82) is 5.26 Å². The van der Waals surface area contributed by atoms with Gasteiger partial charge in [-0.1, -0.05) is 29.8 Å². The lowest BCUT2D eigenvalue weighted by Gasteiger charge is -2.38. The fourth-order valence-corrected chi connectivity index (χ4v) is 4.42. The van der Waals surface area contributed by atoms with E-state index in [-0.39, 0.29) is 6.79 Å². The first-order valence-corrected chi connectivity index (χ1v) is 10.5. The highest BCUT2D eigenvalue weighted by molar-refractivity contribution is 5.69. The average Bonchev–Trinajstić information content (AvgIpc) is 3.37. The van der Waals surface area contributed by atoms with E-state index >= 15 is 0 Å². The molecule has 1 aromatic heterocycles. The van der Waals surface area contributed by atoms with Crippen LogP contribution in [0.4, 0.5) is 17.2 Å². The molecular formula is C24H25N5O2. The van der Waals surface area contributed by atoms with E-state index in [1.165, 1.54) is 5.56 Å². The zero-order chi connectivity index (χ0) is 21.4. The van der Waals surface area contributed by atoms with Crippen LogP contribution < -0.4 is 25.0 Å². The fourth-order valence-electron chi connectivity index (χ4n) is 4.42. The molecule has 158 valence electrons. The summed E-state index contributed by atoms with van der Waals surface area (Å²) in [6.07, 6.45) is 0. The largest absolute Gasteiger partial charge is 0.454 e. The van der Waals surface area contributed by atoms with Crippen LogP contribution in [0.15, 0.2) is 48.5 Å². The molecule has 0 radical (unpaired) electrons. The van der Waals surface area contributed by atoms with Crippen LogP contribution in [-0.2, 0) is 6.54 Å². The Kier molecular flexibility index (Phi) is 4.83. The molecule has 7 heteroatoms. The number of anilines is 3. The van der Waals surface area contributed by atoms with Gasteiger partial charge in [0.25, 0.3) is 0 Å². The minimum atomic E-state index is 0.283. The Morgan fingerprint density at radius 2 is 1.74 bits per heavy atom. The molecule has 5 rings (SSSR count). The third-order valence-corrected chi connectivity index (χ3v) is 5.94. The molecule has 0 amide bonds. The van der Waals surface area contributed by atoms with Gasteiger partial charge in [0.2, 0.25) is 6.79 Å². The molecular weight excluding hydrogens is 390 g/mol. The van der Waals surface area contributed by atoms with Crippen molar-refractivity contribution < 1.29 is 9.47 Å². The Labute approximate surface area is 181 Å². The number of fused-ring (bicyclic) bond motifs is 1. The van der Waals surface area contributed by atoms with Crippen LogP contribution in [0.5, 0.6) is 11.5 Å². The van der Waals surface area contributed by atoms with Crippen molar-refractivity contribution in [2.24, 2.45) is 0 Å². The number of nitrogens with zero attached hydrogens (tertiary/aromatic N) is 4. The van der Waals surface area contributed by atoms with Gasteiger partial charge >= 0.3 is 0 Å². The standard InChI is InChI=1S/C24H25N5O2/c1-17-3-2-4-18(11-17)15-29-20(14-25)12-21(26)24(29)28-9-7-27(8-10-28)19-5-6-22-23(13-19)31-16-30-22/h2-6,11-13H,7-10,15-16,26H2,1H3. The summed E-state index contributed by atoms with van der Waals surface area (Å²) in [5.41, 5.74) is 11.1. The van der Waals surface area contributed by atoms with Gasteiger partial charge < -0.3 is 29.6 Å². The molecule has 0 aliphatic carbocycles. The van der Waals surface area contributed by atoms with E-state index in [9.17, 15) is 5.26 Å². The number of nitrogens with two attached hydrogens (primary N) is 1. The molecule has 2 aliphatic rings. The van der Waals surface area contributed by atoms with Crippen molar-refractivity contribution in [2.45, 2.75) is 13.5 Å². The smallest absolute Gasteiger partial charge is 0.231 e. The number of aryl methyl sites for hydroxylation is 1. The van der Waals surface area contributed by atoms with Gasteiger partial charge in [0.15, 0.2) is 11.5 Å². The van der Waals surface area contributed by atoms with Gasteiger partial charge in [-0.05, 0) is 30.7 Å². The Hall–Kier alpha value is -3.79. The molecule has 7 nitrogen and oxygen atoms in total. The molecule has 0 unspecified atom stereocenters. The van der Waals surface area contributed by atoms with E-state index in [1.807, 2.05) is 22.8 Å². The van der Waals surface area contributed by atoms with Gasteiger partial charge in [-0.3, -0.25) is 0 Å². The van der Waals surface area contributed by atoms with Crippen LogP contribution in [0, 0.1) is 18.3 Å². The second-order valence-electron chi connectivity index (χ2n) is 8.01. The number of nitrogen functional groups attached to an aromatic ring is 1. The highest BCUT2D eigenvalue weighted by Crippen LogP contribution is 2.36. The van der Waals surface area contributed by atoms with Crippen molar-refractivity contribution in [3.05, 3.63) is 65.4 Å². The van der Waals surface area contributed by atoms with Crippen molar-refractivity contribution in [1.82, 2.24) is 4.57 Å². The lowest BCUT2D eigenvalue weighted by molar-refractivity contribution is 0.174. The molecule has 3 heterocycles. The Bertz CT molecular complexity index is 1160. The molecule has 2 aliphatic heterocycles. The van der Waals surface area contributed by atoms with Crippen LogP contribution in [0.2, 0.25) is 0 Å². The summed E-state index contributed by atoms with van der Waals surface area (Å²) in [6, 6.07) is 18.5. The topological polar surface area (TPSA) is 79.7 Å². The SMILES string of the molecule is Cc1cccc(Cn2c(C#N)cc(N)c2N2CCN(c3ccc4c(c3)OCO4)CC2)c1. The van der Waals surface area contributed by atoms with Gasteiger partial charge in [0, 0.05) is 37.9 Å². The Balaban J connectivity index is 1.36. The number of nitriles is 1. The zero-order valence-corrected chi connectivity index (χ0v) is 17.5. The predicted octanol–water partition coefficient (Wildman–Crippen LogP) is 3.35. The average molecular weight is 415 g/mol. The maximum absolute atomic E-state index is 9.68. The number of rotatable bonds is 4. The third kappa shape index (κ3) is 3.61. The second-order valence-corrected chi connectivity index (χ2v) is 8.01. The Morgan fingerprint density at radius 3 is 2.52 bits per heavy atom. The summed E-state index contributed by atoms with van der Waals surface area (Å²) in [4.78, 5) is 4.63. The lowest BCUT2D eigenvalue weighted by Crippen LogP contribution is -2.47. The maximum Gasteiger partial charge on any atom is 0.231 e. The van der Waals surface area contributed by atoms with Crippen LogP contribution in [0.25, 0.3) is 0 Å². The van der Waals surface area contributed by atoms with Gasteiger partial charge in [0.05, 0.1) is 12.2 Å². The number of hydrogen-bond donors (Lipinski definition) is 1. The summed E-state index contributed by atoms with van der Waals surface area (Å²) in [5.74, 6) is 2.53. The summed E-state index contributed by atoms with van der Waals surface area (Å²) < 4.78 is 13.0. The van der Waals surface area contributed by atoms with Crippen molar-refractivity contribution in [3.63, 3.8) is 0 Å². The summed E-state index contributed by atoms with van der Waals surface area (Å²) in [5, 5.41) is 9.68. The molecule has 2 N–H and O–H groups in total. The highest BCUT2D eigenvalue weighted by Gasteiger charge is 2.25. The van der Waals surface area contributed by atoms with Gasteiger partial charge in [-0.15, -0.1) is 0 Å². The minimum Gasteiger partial charge on any atom is -0.454 e. The Morgan fingerprint density at radius 1 is 0.968 bits per heavy atom. The second kappa shape index (κ2) is 7.80. The lowest BCUT2D eigenvalue weighted by atomic mass is 10.1. The minimum absolute atomic E-state index is 0.283.